The van der Waals surface area contributed by atoms with Gasteiger partial charge in [0.2, 0.25) is 0 Å². The van der Waals surface area contributed by atoms with Crippen LogP contribution in [0.4, 0.5) is 0 Å². The average molecular weight is 270 g/mol. The van der Waals surface area contributed by atoms with Crippen molar-refractivity contribution >= 4 is 0 Å². The number of methoxy groups -OCH3 is 1. The number of ether oxygens (including phenoxy) is 1. The van der Waals surface area contributed by atoms with Crippen molar-refractivity contribution in [1.82, 2.24) is 5.16 Å². The maximum atomic E-state index is 9.51. The monoisotopic (exact) mass is 270 g/mol. The molecular formula is C16H18N2O2. The van der Waals surface area contributed by atoms with E-state index in [1.54, 1.807) is 7.11 Å². The van der Waals surface area contributed by atoms with Crippen molar-refractivity contribution in [2.24, 2.45) is 0 Å². The van der Waals surface area contributed by atoms with E-state index in [9.17, 15) is 5.26 Å². The molecule has 0 saturated heterocycles. The molecule has 0 N–H and O–H groups in total. The number of nitrogens with zero attached hydrogens (tertiary/aromatic N) is 2. The lowest BCUT2D eigenvalue weighted by atomic mass is 9.91. The Labute approximate surface area is 119 Å². The van der Waals surface area contributed by atoms with E-state index >= 15 is 0 Å². The molecule has 0 aliphatic heterocycles. The van der Waals surface area contributed by atoms with Crippen molar-refractivity contribution in [1.29, 1.82) is 5.26 Å². The third-order valence-electron chi connectivity index (χ3n) is 3.51. The summed E-state index contributed by atoms with van der Waals surface area (Å²) in [4.78, 5) is 0. The second kappa shape index (κ2) is 5.79. The van der Waals surface area contributed by atoms with Gasteiger partial charge in [-0.1, -0.05) is 22.9 Å². The molecule has 0 radical (unpaired) electrons. The van der Waals surface area contributed by atoms with E-state index in [1.165, 1.54) is 0 Å². The summed E-state index contributed by atoms with van der Waals surface area (Å²) in [5, 5.41) is 13.5. The molecule has 1 unspecified atom stereocenters. The zero-order chi connectivity index (χ0) is 14.7. The summed E-state index contributed by atoms with van der Waals surface area (Å²) in [5.74, 6) is 1.24. The van der Waals surface area contributed by atoms with Crippen LogP contribution >= 0.6 is 0 Å². The Kier molecular flexibility index (Phi) is 4.09. The molecule has 1 aromatic heterocycles. The van der Waals surface area contributed by atoms with Crippen LogP contribution in [0.15, 0.2) is 22.7 Å². The minimum Gasteiger partial charge on any atom is -0.496 e. The van der Waals surface area contributed by atoms with Gasteiger partial charge in [-0.05, 0) is 33.3 Å². The molecule has 20 heavy (non-hydrogen) atoms. The number of aromatic nitrogens is 1. The fraction of sp³-hybridized carbons (Fsp3) is 0.375. The Bertz CT molecular complexity index is 633. The van der Waals surface area contributed by atoms with Crippen molar-refractivity contribution in [3.05, 3.63) is 46.3 Å². The zero-order valence-corrected chi connectivity index (χ0v) is 12.2. The van der Waals surface area contributed by atoms with Gasteiger partial charge in [-0.2, -0.15) is 5.26 Å². The van der Waals surface area contributed by atoms with Crippen LogP contribution in [0.3, 0.4) is 0 Å². The molecule has 0 aliphatic rings. The molecule has 1 atom stereocenters. The van der Waals surface area contributed by atoms with Gasteiger partial charge in [0.25, 0.3) is 0 Å². The highest BCUT2D eigenvalue weighted by Gasteiger charge is 2.20. The highest BCUT2D eigenvalue weighted by molar-refractivity contribution is 5.43. The van der Waals surface area contributed by atoms with Crippen LogP contribution in [-0.4, -0.2) is 12.3 Å². The van der Waals surface area contributed by atoms with E-state index in [2.05, 4.69) is 11.2 Å². The fourth-order valence-corrected chi connectivity index (χ4v) is 2.35. The molecule has 0 saturated carbocycles. The largest absolute Gasteiger partial charge is 0.496 e. The van der Waals surface area contributed by atoms with Crippen LogP contribution < -0.4 is 4.74 Å². The molecule has 0 aliphatic carbocycles. The number of aryl methyl sites for hydroxylation is 3. The first-order valence-corrected chi connectivity index (χ1v) is 6.52. The summed E-state index contributed by atoms with van der Waals surface area (Å²) < 4.78 is 10.5. The lowest BCUT2D eigenvalue weighted by Crippen LogP contribution is -2.05. The standard InChI is InChI=1S/C16H18N2O2/c1-10-5-6-16(19-4)15(7-10)13(9-17)8-14-11(2)18-20-12(14)3/h5-7,13H,8H2,1-4H3. The lowest BCUT2D eigenvalue weighted by Gasteiger charge is -2.14. The third kappa shape index (κ3) is 2.67. The van der Waals surface area contributed by atoms with Gasteiger partial charge in [0, 0.05) is 11.1 Å². The lowest BCUT2D eigenvalue weighted by molar-refractivity contribution is 0.392. The number of benzene rings is 1. The van der Waals surface area contributed by atoms with E-state index in [0.29, 0.717) is 6.42 Å². The smallest absolute Gasteiger partial charge is 0.137 e. The Morgan fingerprint density at radius 2 is 2.10 bits per heavy atom. The van der Waals surface area contributed by atoms with Crippen molar-refractivity contribution in [2.45, 2.75) is 33.1 Å². The van der Waals surface area contributed by atoms with Crippen molar-refractivity contribution in [3.63, 3.8) is 0 Å². The molecular weight excluding hydrogens is 252 g/mol. The summed E-state index contributed by atoms with van der Waals surface area (Å²) >= 11 is 0. The van der Waals surface area contributed by atoms with Crippen LogP contribution in [0.5, 0.6) is 5.75 Å². The number of rotatable bonds is 4. The van der Waals surface area contributed by atoms with E-state index in [1.807, 2.05) is 39.0 Å². The van der Waals surface area contributed by atoms with Crippen molar-refractivity contribution in [3.8, 4) is 11.8 Å². The predicted octanol–water partition coefficient (Wildman–Crippen LogP) is 3.46. The Morgan fingerprint density at radius 3 is 2.65 bits per heavy atom. The fourth-order valence-electron chi connectivity index (χ4n) is 2.35. The highest BCUT2D eigenvalue weighted by Crippen LogP contribution is 2.31. The number of nitriles is 1. The van der Waals surface area contributed by atoms with E-state index in [-0.39, 0.29) is 5.92 Å². The average Bonchev–Trinajstić information content (AvgIpc) is 2.75. The molecule has 0 fully saturated rings. The van der Waals surface area contributed by atoms with E-state index < -0.39 is 0 Å². The summed E-state index contributed by atoms with van der Waals surface area (Å²) in [7, 11) is 1.62. The third-order valence-corrected chi connectivity index (χ3v) is 3.51. The van der Waals surface area contributed by atoms with E-state index in [0.717, 1.165) is 33.9 Å². The quantitative estimate of drug-likeness (QED) is 0.853. The SMILES string of the molecule is COc1ccc(C)cc1C(C#N)Cc1c(C)noc1C. The number of hydrogen-bond donors (Lipinski definition) is 0. The predicted molar refractivity (Wildman–Crippen MR) is 75.8 cm³/mol. The minimum absolute atomic E-state index is 0.276. The van der Waals surface area contributed by atoms with Crippen LogP contribution in [0, 0.1) is 32.1 Å². The Balaban J connectivity index is 2.39. The molecule has 4 nitrogen and oxygen atoms in total. The highest BCUT2D eigenvalue weighted by atomic mass is 16.5. The number of hydrogen-bond acceptors (Lipinski definition) is 4. The van der Waals surface area contributed by atoms with Crippen LogP contribution in [0.25, 0.3) is 0 Å². The van der Waals surface area contributed by atoms with Gasteiger partial charge in [-0.3, -0.25) is 0 Å². The van der Waals surface area contributed by atoms with Crippen LogP contribution in [0.2, 0.25) is 0 Å². The molecule has 0 spiro atoms. The van der Waals surface area contributed by atoms with Gasteiger partial charge in [0.05, 0.1) is 24.8 Å². The summed E-state index contributed by atoms with van der Waals surface area (Å²) in [6, 6.07) is 8.25. The molecule has 0 bridgehead atoms. The first-order valence-electron chi connectivity index (χ1n) is 6.52. The van der Waals surface area contributed by atoms with Gasteiger partial charge in [-0.15, -0.1) is 0 Å². The molecule has 4 heteroatoms. The van der Waals surface area contributed by atoms with Gasteiger partial charge >= 0.3 is 0 Å². The van der Waals surface area contributed by atoms with Crippen LogP contribution in [0.1, 0.15) is 34.1 Å². The molecule has 1 aromatic carbocycles. The summed E-state index contributed by atoms with van der Waals surface area (Å²) in [6.45, 7) is 5.78. The van der Waals surface area contributed by atoms with E-state index in [4.69, 9.17) is 9.26 Å². The molecule has 2 aromatic rings. The van der Waals surface area contributed by atoms with Gasteiger partial charge in [0.1, 0.15) is 11.5 Å². The molecule has 2 rings (SSSR count). The normalized spacial score (nSPS) is 11.9. The molecule has 104 valence electrons. The first-order chi connectivity index (χ1) is 9.56. The van der Waals surface area contributed by atoms with Gasteiger partial charge in [-0.25, -0.2) is 0 Å². The second-order valence-corrected chi connectivity index (χ2v) is 4.93. The van der Waals surface area contributed by atoms with Crippen molar-refractivity contribution in [2.75, 3.05) is 7.11 Å². The second-order valence-electron chi connectivity index (χ2n) is 4.93. The van der Waals surface area contributed by atoms with Gasteiger partial charge in [0.15, 0.2) is 0 Å². The summed E-state index contributed by atoms with van der Waals surface area (Å²) in [5.41, 5.74) is 3.87. The maximum Gasteiger partial charge on any atom is 0.137 e. The van der Waals surface area contributed by atoms with Crippen molar-refractivity contribution < 1.29 is 9.26 Å². The molecule has 1 heterocycles. The Morgan fingerprint density at radius 1 is 1.35 bits per heavy atom. The maximum absolute atomic E-state index is 9.51. The zero-order valence-electron chi connectivity index (χ0n) is 12.2. The molecule has 0 amide bonds. The first kappa shape index (κ1) is 14.1. The summed E-state index contributed by atoms with van der Waals surface area (Å²) in [6.07, 6.45) is 0.581. The Hall–Kier alpha value is -2.28. The van der Waals surface area contributed by atoms with Crippen LogP contribution in [-0.2, 0) is 6.42 Å². The van der Waals surface area contributed by atoms with Gasteiger partial charge < -0.3 is 9.26 Å². The minimum atomic E-state index is -0.276. The topological polar surface area (TPSA) is 59.0 Å².